The van der Waals surface area contributed by atoms with Crippen molar-refractivity contribution < 1.29 is 33.4 Å². The zero-order valence-electron chi connectivity index (χ0n) is 23.5. The smallest absolute Gasteiger partial charge is 0.408 e. The van der Waals surface area contributed by atoms with Gasteiger partial charge in [-0.3, -0.25) is 14.4 Å². The molecule has 1 unspecified atom stereocenters. The molecular formula is C30H39N3O7. The van der Waals surface area contributed by atoms with E-state index in [1.165, 1.54) is 6.08 Å². The molecule has 2 rings (SSSR count). The third-order valence-corrected chi connectivity index (χ3v) is 5.42. The van der Waals surface area contributed by atoms with Crippen molar-refractivity contribution in [1.82, 2.24) is 16.0 Å². The fraction of sp³-hybridized carbons (Fsp3) is 0.400. The van der Waals surface area contributed by atoms with Gasteiger partial charge in [-0.25, -0.2) is 4.79 Å². The summed E-state index contributed by atoms with van der Waals surface area (Å²) < 4.78 is 16.0. The predicted octanol–water partition coefficient (Wildman–Crippen LogP) is 3.44. The highest BCUT2D eigenvalue weighted by molar-refractivity contribution is 5.92. The lowest BCUT2D eigenvalue weighted by molar-refractivity contribution is -0.143. The number of hydrogen-bond acceptors (Lipinski definition) is 7. The molecule has 0 spiro atoms. The molecule has 10 nitrogen and oxygen atoms in total. The van der Waals surface area contributed by atoms with Gasteiger partial charge in [-0.05, 0) is 50.5 Å². The minimum atomic E-state index is -1.04. The molecule has 0 radical (unpaired) electrons. The number of amides is 3. The van der Waals surface area contributed by atoms with Crippen LogP contribution in [0.3, 0.4) is 0 Å². The molecule has 0 aliphatic heterocycles. The van der Waals surface area contributed by atoms with Gasteiger partial charge in [0.2, 0.25) is 11.8 Å². The maximum Gasteiger partial charge on any atom is 0.408 e. The van der Waals surface area contributed by atoms with E-state index in [0.717, 1.165) is 11.1 Å². The number of rotatable bonds is 14. The highest BCUT2D eigenvalue weighted by Crippen LogP contribution is 2.19. The molecule has 0 fully saturated rings. The summed E-state index contributed by atoms with van der Waals surface area (Å²) in [6, 6.07) is 14.3. The highest BCUT2D eigenvalue weighted by atomic mass is 16.5. The van der Waals surface area contributed by atoms with E-state index in [9.17, 15) is 19.2 Å². The van der Waals surface area contributed by atoms with Crippen molar-refractivity contribution in [2.75, 3.05) is 13.2 Å². The standard InChI is InChI=1S/C30H39N3O7/c1-6-17-38-26(34)19-31-27(35)25(18-21-13-15-23(16-14-21)40-30(3,4)5)32-28(36)24(7-2)33-29(37)39-20-22-11-9-8-10-12-22/h6,8-16,24-25H,1,7,17-20H2,2-5H3,(H,31,35)(H,32,36)(H,33,37)/t24-,25?/m0/s1. The Hall–Kier alpha value is -4.34. The maximum absolute atomic E-state index is 13.1. The lowest BCUT2D eigenvalue weighted by Crippen LogP contribution is -2.54. The van der Waals surface area contributed by atoms with E-state index in [-0.39, 0.29) is 38.2 Å². The van der Waals surface area contributed by atoms with Crippen LogP contribution in [0.2, 0.25) is 0 Å². The van der Waals surface area contributed by atoms with Crippen LogP contribution in [0.1, 0.15) is 45.2 Å². The number of ether oxygens (including phenoxy) is 3. The van der Waals surface area contributed by atoms with Crippen molar-refractivity contribution >= 4 is 23.9 Å². The number of alkyl carbamates (subject to hydrolysis) is 1. The molecule has 2 atom stereocenters. The lowest BCUT2D eigenvalue weighted by Gasteiger charge is -2.23. The highest BCUT2D eigenvalue weighted by Gasteiger charge is 2.27. The Morgan fingerprint density at radius 1 is 0.875 bits per heavy atom. The molecule has 0 heterocycles. The van der Waals surface area contributed by atoms with Crippen molar-refractivity contribution in [1.29, 1.82) is 0 Å². The first-order valence-corrected chi connectivity index (χ1v) is 13.1. The molecule has 0 aliphatic carbocycles. The number of carbonyl (C=O) groups excluding carboxylic acids is 4. The lowest BCUT2D eigenvalue weighted by atomic mass is 10.0. The Morgan fingerprint density at radius 3 is 2.15 bits per heavy atom. The van der Waals surface area contributed by atoms with Gasteiger partial charge in [-0.15, -0.1) is 0 Å². The first kappa shape index (κ1) is 31.9. The molecule has 2 aromatic carbocycles. The SMILES string of the molecule is C=CCOC(=O)CNC(=O)C(Cc1ccc(OC(C)(C)C)cc1)NC(=O)[C@H](CC)NC(=O)OCc1ccccc1. The van der Waals surface area contributed by atoms with Gasteiger partial charge in [-0.1, -0.05) is 62.0 Å². The van der Waals surface area contributed by atoms with Gasteiger partial charge >= 0.3 is 12.1 Å². The topological polar surface area (TPSA) is 132 Å². The second-order valence-electron chi connectivity index (χ2n) is 9.98. The number of esters is 1. The number of nitrogens with one attached hydrogen (secondary N) is 3. The second-order valence-corrected chi connectivity index (χ2v) is 9.98. The van der Waals surface area contributed by atoms with Crippen LogP contribution in [-0.2, 0) is 36.9 Å². The molecule has 3 amide bonds. The van der Waals surface area contributed by atoms with Crippen LogP contribution in [0.15, 0.2) is 67.3 Å². The Labute approximate surface area is 235 Å². The molecule has 3 N–H and O–H groups in total. The minimum absolute atomic E-state index is 0.0159. The average molecular weight is 554 g/mol. The largest absolute Gasteiger partial charge is 0.488 e. The molecular weight excluding hydrogens is 514 g/mol. The first-order chi connectivity index (χ1) is 19.0. The molecule has 0 bridgehead atoms. The summed E-state index contributed by atoms with van der Waals surface area (Å²) in [4.78, 5) is 50.3. The van der Waals surface area contributed by atoms with Crippen LogP contribution in [0.25, 0.3) is 0 Å². The fourth-order valence-electron chi connectivity index (χ4n) is 3.51. The maximum atomic E-state index is 13.1. The molecule has 0 saturated carbocycles. The molecule has 10 heteroatoms. The Balaban J connectivity index is 2.07. The van der Waals surface area contributed by atoms with Crippen molar-refractivity contribution in [3.8, 4) is 5.75 Å². The Kier molecular flexibility index (Phi) is 12.7. The summed E-state index contributed by atoms with van der Waals surface area (Å²) in [5.74, 6) is -1.13. The Morgan fingerprint density at radius 2 is 1.55 bits per heavy atom. The van der Waals surface area contributed by atoms with E-state index in [1.807, 2.05) is 51.1 Å². The van der Waals surface area contributed by atoms with Crippen molar-refractivity contribution in [2.45, 2.75) is 64.8 Å². The fourth-order valence-corrected chi connectivity index (χ4v) is 3.51. The number of benzene rings is 2. The predicted molar refractivity (Wildman–Crippen MR) is 150 cm³/mol. The van der Waals surface area contributed by atoms with E-state index < -0.39 is 36.0 Å². The van der Waals surface area contributed by atoms with Crippen LogP contribution in [0.5, 0.6) is 5.75 Å². The van der Waals surface area contributed by atoms with Crippen LogP contribution >= 0.6 is 0 Å². The second kappa shape index (κ2) is 15.9. The van der Waals surface area contributed by atoms with E-state index in [4.69, 9.17) is 14.2 Å². The first-order valence-electron chi connectivity index (χ1n) is 13.1. The normalized spacial score (nSPS) is 12.3. The van der Waals surface area contributed by atoms with E-state index in [0.29, 0.717) is 5.75 Å². The van der Waals surface area contributed by atoms with Gasteiger partial charge in [0.05, 0.1) is 0 Å². The van der Waals surface area contributed by atoms with Crippen molar-refractivity contribution in [3.05, 3.63) is 78.4 Å². The monoisotopic (exact) mass is 553 g/mol. The quantitative estimate of drug-likeness (QED) is 0.241. The summed E-state index contributed by atoms with van der Waals surface area (Å²) in [5, 5.41) is 7.73. The summed E-state index contributed by atoms with van der Waals surface area (Å²) in [6.45, 7) is 10.7. The molecule has 40 heavy (non-hydrogen) atoms. The molecule has 0 saturated heterocycles. The third-order valence-electron chi connectivity index (χ3n) is 5.42. The van der Waals surface area contributed by atoms with Gasteiger partial charge in [-0.2, -0.15) is 0 Å². The summed E-state index contributed by atoms with van der Waals surface area (Å²) in [6.07, 6.45) is 1.04. The van der Waals surface area contributed by atoms with Gasteiger partial charge in [0.1, 0.15) is 43.2 Å². The van der Waals surface area contributed by atoms with Crippen LogP contribution in [0.4, 0.5) is 4.79 Å². The summed E-state index contributed by atoms with van der Waals surface area (Å²) >= 11 is 0. The third kappa shape index (κ3) is 12.0. The van der Waals surface area contributed by atoms with Gasteiger partial charge in [0, 0.05) is 6.42 Å². The molecule has 216 valence electrons. The van der Waals surface area contributed by atoms with Crippen molar-refractivity contribution in [2.24, 2.45) is 0 Å². The zero-order chi connectivity index (χ0) is 29.5. The van der Waals surface area contributed by atoms with E-state index >= 15 is 0 Å². The molecule has 2 aromatic rings. The van der Waals surface area contributed by atoms with E-state index in [2.05, 4.69) is 22.5 Å². The Bertz CT molecular complexity index is 1130. The van der Waals surface area contributed by atoms with Crippen LogP contribution in [0, 0.1) is 0 Å². The summed E-state index contributed by atoms with van der Waals surface area (Å²) in [7, 11) is 0. The zero-order valence-corrected chi connectivity index (χ0v) is 23.5. The minimum Gasteiger partial charge on any atom is -0.488 e. The van der Waals surface area contributed by atoms with Gasteiger partial charge in [0.25, 0.3) is 0 Å². The van der Waals surface area contributed by atoms with Crippen molar-refractivity contribution in [3.63, 3.8) is 0 Å². The van der Waals surface area contributed by atoms with Crippen LogP contribution < -0.4 is 20.7 Å². The molecule has 0 aliphatic rings. The van der Waals surface area contributed by atoms with Gasteiger partial charge in [0.15, 0.2) is 0 Å². The van der Waals surface area contributed by atoms with Gasteiger partial charge < -0.3 is 30.2 Å². The van der Waals surface area contributed by atoms with E-state index in [1.54, 1.807) is 31.2 Å². The number of hydrogen-bond donors (Lipinski definition) is 3. The average Bonchev–Trinajstić information content (AvgIpc) is 2.92. The number of carbonyl (C=O) groups is 4. The summed E-state index contributed by atoms with van der Waals surface area (Å²) in [5.41, 5.74) is 1.18. The molecule has 0 aromatic heterocycles. The van der Waals surface area contributed by atoms with Crippen LogP contribution in [-0.4, -0.2) is 54.7 Å².